The number of carbonyl (C=O) groups is 2. The number of aromatic nitrogens is 1. The molecule has 6 nitrogen and oxygen atoms in total. The molecule has 1 unspecified atom stereocenters. The Morgan fingerprint density at radius 3 is 2.47 bits per heavy atom. The van der Waals surface area contributed by atoms with E-state index in [1.807, 2.05) is 12.1 Å². The van der Waals surface area contributed by atoms with Gasteiger partial charge in [0, 0.05) is 23.5 Å². The lowest BCUT2D eigenvalue weighted by Crippen LogP contribution is -3.00. The number of anilines is 2. The van der Waals surface area contributed by atoms with Gasteiger partial charge in [-0.3, -0.25) is 14.5 Å². The first-order valence-corrected chi connectivity index (χ1v) is 9.08. The number of hydrogen-bond donors (Lipinski definition) is 1. The Bertz CT molecular complexity index is 1060. The molecule has 0 fully saturated rings. The van der Waals surface area contributed by atoms with Crippen LogP contribution in [0.15, 0.2) is 72.9 Å². The van der Waals surface area contributed by atoms with Crippen molar-refractivity contribution in [1.82, 2.24) is 0 Å². The number of halogens is 2. The molecule has 1 aliphatic heterocycles. The Balaban J connectivity index is 0.00000256. The monoisotopic (exact) mass is 519 g/mol. The summed E-state index contributed by atoms with van der Waals surface area (Å²) < 4.78 is 20.3. The van der Waals surface area contributed by atoms with Crippen LogP contribution >= 0.6 is 0 Å². The van der Waals surface area contributed by atoms with Gasteiger partial charge in [-0.1, -0.05) is 6.07 Å². The minimum Gasteiger partial charge on any atom is -1.00 e. The lowest BCUT2D eigenvalue weighted by atomic mass is 10.0. The van der Waals surface area contributed by atoms with Crippen LogP contribution in [0.25, 0.3) is 0 Å². The zero-order valence-electron chi connectivity index (χ0n) is 16.1. The van der Waals surface area contributed by atoms with Crippen LogP contribution in [0.1, 0.15) is 11.7 Å². The minimum atomic E-state index is -0.898. The van der Waals surface area contributed by atoms with E-state index >= 15 is 0 Å². The summed E-state index contributed by atoms with van der Waals surface area (Å²) in [4.78, 5) is 27.6. The number of ether oxygens (including phenoxy) is 1. The number of hydrogen-bond acceptors (Lipinski definition) is 3. The van der Waals surface area contributed by atoms with Crippen LogP contribution in [0.2, 0.25) is 0 Å². The minimum absolute atomic E-state index is 0. The van der Waals surface area contributed by atoms with E-state index < -0.39 is 11.9 Å². The summed E-state index contributed by atoms with van der Waals surface area (Å²) >= 11 is 0. The van der Waals surface area contributed by atoms with Crippen molar-refractivity contribution in [3.8, 4) is 5.75 Å². The second kappa shape index (κ2) is 9.21. The Morgan fingerprint density at radius 2 is 1.80 bits per heavy atom. The number of amides is 2. The molecule has 4 rings (SSSR count). The summed E-state index contributed by atoms with van der Waals surface area (Å²) in [5.41, 5.74) is 1.71. The average Bonchev–Trinajstić information content (AvgIpc) is 2.74. The zero-order valence-corrected chi connectivity index (χ0v) is 18.2. The van der Waals surface area contributed by atoms with E-state index in [0.717, 1.165) is 0 Å². The Hall–Kier alpha value is -3.01. The molecule has 30 heavy (non-hydrogen) atoms. The molecule has 0 bridgehead atoms. The molecule has 2 heterocycles. The number of methoxy groups -OCH3 is 1. The van der Waals surface area contributed by atoms with E-state index in [4.69, 9.17) is 4.74 Å². The Kier molecular flexibility index (Phi) is 6.66. The van der Waals surface area contributed by atoms with Crippen LogP contribution in [0.4, 0.5) is 15.8 Å². The first-order chi connectivity index (χ1) is 14.1. The van der Waals surface area contributed by atoms with Gasteiger partial charge in [-0.15, -0.1) is 0 Å². The third-order valence-electron chi connectivity index (χ3n) is 4.80. The zero-order chi connectivity index (χ0) is 20.4. The highest BCUT2D eigenvalue weighted by molar-refractivity contribution is 6.05. The van der Waals surface area contributed by atoms with Crippen molar-refractivity contribution in [3.05, 3.63) is 84.4 Å². The fourth-order valence-corrected chi connectivity index (χ4v) is 3.41. The predicted molar refractivity (Wildman–Crippen MR) is 105 cm³/mol. The average molecular weight is 519 g/mol. The molecule has 0 saturated carbocycles. The van der Waals surface area contributed by atoms with Crippen molar-refractivity contribution in [1.29, 1.82) is 0 Å². The fraction of sp³-hybridized carbons (Fsp3) is 0.136. The number of nitrogens with zero attached hydrogens (tertiary/aromatic N) is 2. The van der Waals surface area contributed by atoms with Gasteiger partial charge in [-0.05, 0) is 48.5 Å². The molecule has 154 valence electrons. The number of carbonyl (C=O) groups excluding carboxylic acids is 2. The van der Waals surface area contributed by atoms with E-state index in [9.17, 15) is 14.0 Å². The van der Waals surface area contributed by atoms with Crippen molar-refractivity contribution < 1.29 is 47.3 Å². The van der Waals surface area contributed by atoms with Crippen LogP contribution in [0, 0.1) is 5.82 Å². The van der Waals surface area contributed by atoms with Crippen molar-refractivity contribution in [2.45, 2.75) is 12.6 Å². The molecule has 8 heteroatoms. The van der Waals surface area contributed by atoms with Gasteiger partial charge in [-0.25, -0.2) is 4.39 Å². The van der Waals surface area contributed by atoms with Crippen molar-refractivity contribution >= 4 is 23.2 Å². The molecule has 1 aromatic heterocycles. The normalized spacial score (nSPS) is 15.1. The predicted octanol–water partition coefficient (Wildman–Crippen LogP) is -0.148. The number of pyridine rings is 1. The largest absolute Gasteiger partial charge is 1.00 e. The van der Waals surface area contributed by atoms with E-state index in [-0.39, 0.29) is 42.3 Å². The molecular formula is C22H19FIN3O3. The first-order valence-electron chi connectivity index (χ1n) is 9.08. The maximum Gasteiger partial charge on any atom is 0.294 e. The van der Waals surface area contributed by atoms with E-state index in [0.29, 0.717) is 22.8 Å². The van der Waals surface area contributed by atoms with Crippen LogP contribution in [-0.4, -0.2) is 18.9 Å². The number of fused-ring (bicyclic) bond motifs is 1. The second-order valence-corrected chi connectivity index (χ2v) is 6.61. The fourth-order valence-electron chi connectivity index (χ4n) is 3.41. The molecule has 0 saturated heterocycles. The first kappa shape index (κ1) is 21.7. The van der Waals surface area contributed by atoms with Gasteiger partial charge in [0.2, 0.25) is 18.3 Å². The summed E-state index contributed by atoms with van der Waals surface area (Å²) in [7, 11) is 1.57. The summed E-state index contributed by atoms with van der Waals surface area (Å²) in [5, 5.41) is 2.86. The quantitative estimate of drug-likeness (QED) is 0.386. The molecule has 2 aromatic carbocycles. The van der Waals surface area contributed by atoms with E-state index in [2.05, 4.69) is 5.32 Å². The van der Waals surface area contributed by atoms with Gasteiger partial charge in [0.15, 0.2) is 6.20 Å². The summed E-state index contributed by atoms with van der Waals surface area (Å²) in [6.45, 7) is 0.0971. The second-order valence-electron chi connectivity index (χ2n) is 6.61. The van der Waals surface area contributed by atoms with Gasteiger partial charge in [0.25, 0.3) is 11.8 Å². The standard InChI is InChI=1S/C22H18FN3O3.HI/c1-29-18-11-7-16(8-12-18)24-22(28)21-19-4-2-3-13-25(19)14-20(27)26(21)17-9-5-15(23)6-10-17;/h2-13,21H,14H2,1H3;1H. The maximum absolute atomic E-state index is 13.4. The summed E-state index contributed by atoms with van der Waals surface area (Å²) in [6, 6.07) is 17.0. The third-order valence-corrected chi connectivity index (χ3v) is 4.80. The SMILES string of the molecule is COc1ccc(NC(=O)C2c3cccc[n+]3CC(=O)N2c2ccc(F)cc2)cc1.[I-]. The number of rotatable bonds is 4. The van der Waals surface area contributed by atoms with Gasteiger partial charge >= 0.3 is 0 Å². The topological polar surface area (TPSA) is 62.5 Å². The van der Waals surface area contributed by atoms with E-state index in [1.54, 1.807) is 48.2 Å². The molecule has 2 amide bonds. The molecule has 1 atom stereocenters. The van der Waals surface area contributed by atoms with Crippen molar-refractivity contribution in [3.63, 3.8) is 0 Å². The van der Waals surface area contributed by atoms with Crippen LogP contribution in [0.5, 0.6) is 5.75 Å². The van der Waals surface area contributed by atoms with Crippen molar-refractivity contribution in [2.75, 3.05) is 17.3 Å². The number of benzene rings is 2. The van der Waals surface area contributed by atoms with E-state index in [1.165, 1.54) is 29.2 Å². The highest BCUT2D eigenvalue weighted by atomic mass is 127. The lowest BCUT2D eigenvalue weighted by Gasteiger charge is -2.32. The van der Waals surface area contributed by atoms with Crippen molar-refractivity contribution in [2.24, 2.45) is 0 Å². The molecule has 0 aliphatic carbocycles. The Labute approximate surface area is 190 Å². The lowest BCUT2D eigenvalue weighted by molar-refractivity contribution is -0.695. The molecule has 1 N–H and O–H groups in total. The molecule has 0 radical (unpaired) electrons. The summed E-state index contributed by atoms with van der Waals surface area (Å²) in [6.07, 6.45) is 1.77. The van der Waals surface area contributed by atoms with Gasteiger partial charge in [0.1, 0.15) is 11.6 Å². The molecule has 1 aliphatic rings. The Morgan fingerprint density at radius 1 is 1.10 bits per heavy atom. The van der Waals surface area contributed by atoms with Crippen LogP contribution in [0.3, 0.4) is 0 Å². The highest BCUT2D eigenvalue weighted by Crippen LogP contribution is 2.30. The molecular weight excluding hydrogens is 500 g/mol. The van der Waals surface area contributed by atoms with Gasteiger partial charge < -0.3 is 34.0 Å². The third kappa shape index (κ3) is 4.28. The summed E-state index contributed by atoms with van der Waals surface area (Å²) in [5.74, 6) is -0.361. The molecule has 3 aromatic rings. The van der Waals surface area contributed by atoms with Crippen LogP contribution in [-0.2, 0) is 16.1 Å². The highest BCUT2D eigenvalue weighted by Gasteiger charge is 2.43. The van der Waals surface area contributed by atoms with Gasteiger partial charge in [0.05, 0.1) is 7.11 Å². The number of nitrogens with one attached hydrogen (secondary N) is 1. The maximum atomic E-state index is 13.4. The van der Waals surface area contributed by atoms with Crippen LogP contribution < -0.4 is 43.5 Å². The van der Waals surface area contributed by atoms with Gasteiger partial charge in [-0.2, -0.15) is 4.57 Å². The molecule has 0 spiro atoms. The smallest absolute Gasteiger partial charge is 0.294 e.